The Bertz CT molecular complexity index is 1370. The number of nitriles is 1. The topological polar surface area (TPSA) is 155 Å². The number of aliphatic hydroxyl groups is 1. The van der Waals surface area contributed by atoms with Gasteiger partial charge in [0.2, 0.25) is 17.8 Å². The van der Waals surface area contributed by atoms with Crippen LogP contribution in [0.1, 0.15) is 63.5 Å². The number of aromatic nitrogens is 4. The molecule has 5 N–H and O–H groups in total. The summed E-state index contributed by atoms with van der Waals surface area (Å²) in [4.78, 5) is 26.0. The number of amides is 1. The van der Waals surface area contributed by atoms with Gasteiger partial charge in [-0.15, -0.1) is 0 Å². The highest BCUT2D eigenvalue weighted by molar-refractivity contribution is 6.39. The highest BCUT2D eigenvalue weighted by Crippen LogP contribution is 2.43. The van der Waals surface area contributed by atoms with Gasteiger partial charge in [-0.2, -0.15) is 10.2 Å². The van der Waals surface area contributed by atoms with E-state index in [0.717, 1.165) is 12.8 Å². The quantitative estimate of drug-likeness (QED) is 0.349. The standard InChI is InChI=1S/C25H28Cl2N8O2/c1-25(22(29)37)6-4-15(5-7-25)35-21-19(12-30-23(34-21)31-14-2-3-16(36)10-14)32-24(35)33-20-17(26)8-13(11-28)9-18(20)27/h8-9,12,14-16,36H,2-7,10H2,1H3,(H2,29,37)(H,32,33)(H,30,31,34)/t14-,15-,16-,25+/m0/s1. The molecular weight excluding hydrogens is 515 g/mol. The van der Waals surface area contributed by atoms with Crippen LogP contribution in [0.5, 0.6) is 0 Å². The summed E-state index contributed by atoms with van der Waals surface area (Å²) in [5.74, 6) is 0.661. The van der Waals surface area contributed by atoms with Gasteiger partial charge in [-0.3, -0.25) is 9.36 Å². The highest BCUT2D eigenvalue weighted by atomic mass is 35.5. The van der Waals surface area contributed by atoms with Gasteiger partial charge in [-0.25, -0.2) is 9.97 Å². The first kappa shape index (κ1) is 25.5. The third-order valence-electron chi connectivity index (χ3n) is 7.60. The van der Waals surface area contributed by atoms with Crippen molar-refractivity contribution < 1.29 is 9.90 Å². The zero-order valence-electron chi connectivity index (χ0n) is 20.3. The molecule has 0 aliphatic heterocycles. The highest BCUT2D eigenvalue weighted by Gasteiger charge is 2.38. The molecule has 10 nitrogen and oxygen atoms in total. The summed E-state index contributed by atoms with van der Waals surface area (Å²) in [5.41, 5.74) is 7.14. The van der Waals surface area contributed by atoms with Gasteiger partial charge < -0.3 is 21.5 Å². The van der Waals surface area contributed by atoms with E-state index >= 15 is 0 Å². The first-order valence-corrected chi connectivity index (χ1v) is 13.1. The largest absolute Gasteiger partial charge is 0.393 e. The summed E-state index contributed by atoms with van der Waals surface area (Å²) < 4.78 is 2.01. The van der Waals surface area contributed by atoms with Crippen LogP contribution in [0.4, 0.5) is 17.6 Å². The molecule has 1 aromatic carbocycles. The van der Waals surface area contributed by atoms with Crippen molar-refractivity contribution in [3.63, 3.8) is 0 Å². The van der Waals surface area contributed by atoms with E-state index < -0.39 is 5.41 Å². The van der Waals surface area contributed by atoms with Crippen LogP contribution in [-0.2, 0) is 4.79 Å². The Morgan fingerprint density at radius 2 is 1.92 bits per heavy atom. The third kappa shape index (κ3) is 5.04. The van der Waals surface area contributed by atoms with Gasteiger partial charge in [0.15, 0.2) is 5.65 Å². The zero-order valence-corrected chi connectivity index (χ0v) is 21.9. The Morgan fingerprint density at radius 3 is 2.51 bits per heavy atom. The van der Waals surface area contributed by atoms with E-state index in [4.69, 9.17) is 38.9 Å². The third-order valence-corrected chi connectivity index (χ3v) is 8.19. The van der Waals surface area contributed by atoms with Crippen molar-refractivity contribution in [2.75, 3.05) is 10.6 Å². The van der Waals surface area contributed by atoms with Crippen LogP contribution in [0.2, 0.25) is 10.0 Å². The maximum absolute atomic E-state index is 12.0. The number of aliphatic hydroxyl groups excluding tert-OH is 1. The maximum Gasteiger partial charge on any atom is 0.224 e. The molecule has 2 fully saturated rings. The van der Waals surface area contributed by atoms with Crippen LogP contribution in [0.3, 0.4) is 0 Å². The van der Waals surface area contributed by atoms with Crippen molar-refractivity contribution in [1.82, 2.24) is 19.5 Å². The molecule has 0 spiro atoms. The summed E-state index contributed by atoms with van der Waals surface area (Å²) in [6, 6.07) is 5.22. The van der Waals surface area contributed by atoms with Crippen molar-refractivity contribution in [3.05, 3.63) is 33.9 Å². The molecule has 2 aliphatic carbocycles. The molecule has 0 radical (unpaired) electrons. The smallest absolute Gasteiger partial charge is 0.224 e. The van der Waals surface area contributed by atoms with Crippen molar-refractivity contribution in [2.45, 2.75) is 70.1 Å². The second-order valence-corrected chi connectivity index (χ2v) is 11.0. The van der Waals surface area contributed by atoms with Crippen LogP contribution in [-0.4, -0.2) is 42.7 Å². The summed E-state index contributed by atoms with van der Waals surface area (Å²) in [5, 5.41) is 26.3. The number of primary amides is 1. The lowest BCUT2D eigenvalue weighted by Gasteiger charge is -2.35. The molecule has 0 bridgehead atoms. The van der Waals surface area contributed by atoms with Crippen LogP contribution < -0.4 is 16.4 Å². The molecule has 2 atom stereocenters. The number of nitrogens with one attached hydrogen (secondary N) is 2. The first-order valence-electron chi connectivity index (χ1n) is 12.3. The fourth-order valence-electron chi connectivity index (χ4n) is 5.28. The molecule has 2 aromatic heterocycles. The molecule has 2 heterocycles. The number of anilines is 3. The fraction of sp³-hybridized carbons (Fsp3) is 0.480. The summed E-state index contributed by atoms with van der Waals surface area (Å²) >= 11 is 12.9. The van der Waals surface area contributed by atoms with Gasteiger partial charge >= 0.3 is 0 Å². The van der Waals surface area contributed by atoms with Crippen molar-refractivity contribution in [2.24, 2.45) is 11.1 Å². The minimum Gasteiger partial charge on any atom is -0.393 e. The molecule has 2 aliphatic rings. The average Bonchev–Trinajstić information content (AvgIpc) is 3.44. The lowest BCUT2D eigenvalue weighted by molar-refractivity contribution is -0.128. The number of nitrogens with two attached hydrogens (primary N) is 1. The van der Waals surface area contributed by atoms with Gasteiger partial charge in [0.1, 0.15) is 5.52 Å². The lowest BCUT2D eigenvalue weighted by Crippen LogP contribution is -2.38. The predicted molar refractivity (Wildman–Crippen MR) is 142 cm³/mol. The Kier molecular flexibility index (Phi) is 6.88. The minimum absolute atomic E-state index is 0.00749. The number of hydrogen-bond acceptors (Lipinski definition) is 8. The number of benzene rings is 1. The predicted octanol–water partition coefficient (Wildman–Crippen LogP) is 4.68. The summed E-state index contributed by atoms with van der Waals surface area (Å²) in [7, 11) is 0. The SMILES string of the molecule is C[C@]1(C(N)=O)CC[C@@H](n2c(Nc3c(Cl)cc(C#N)cc3Cl)nc3cnc(N[C@H]4CC[C@H](O)C4)nc32)CC1. The molecule has 5 rings (SSSR count). The lowest BCUT2D eigenvalue weighted by atomic mass is 9.73. The van der Waals surface area contributed by atoms with Crippen LogP contribution in [0, 0.1) is 16.7 Å². The van der Waals surface area contributed by atoms with E-state index in [-0.39, 0.29) is 24.1 Å². The Morgan fingerprint density at radius 1 is 1.22 bits per heavy atom. The van der Waals surface area contributed by atoms with E-state index in [2.05, 4.69) is 15.6 Å². The Balaban J connectivity index is 1.54. The van der Waals surface area contributed by atoms with E-state index in [1.165, 1.54) is 0 Å². The molecule has 194 valence electrons. The molecule has 3 aromatic rings. The molecule has 1 amide bonds. The maximum atomic E-state index is 12.0. The van der Waals surface area contributed by atoms with E-state index in [1.807, 2.05) is 17.6 Å². The summed E-state index contributed by atoms with van der Waals surface area (Å²) in [6.07, 6.45) is 6.28. The van der Waals surface area contributed by atoms with Gasteiger partial charge in [0.05, 0.1) is 39.7 Å². The second kappa shape index (κ2) is 9.97. The Hall–Kier alpha value is -3.13. The monoisotopic (exact) mass is 542 g/mol. The fourth-order valence-corrected chi connectivity index (χ4v) is 5.86. The van der Waals surface area contributed by atoms with Crippen LogP contribution >= 0.6 is 23.2 Å². The second-order valence-electron chi connectivity index (χ2n) is 10.2. The molecular formula is C25H28Cl2N8O2. The number of carbonyl (C=O) groups excluding carboxylic acids is 1. The number of rotatable bonds is 6. The average molecular weight is 543 g/mol. The van der Waals surface area contributed by atoms with E-state index in [0.29, 0.717) is 76.5 Å². The normalized spacial score (nSPS) is 25.6. The molecule has 12 heteroatoms. The number of halogens is 2. The molecule has 37 heavy (non-hydrogen) atoms. The van der Waals surface area contributed by atoms with Gasteiger partial charge in [-0.1, -0.05) is 30.1 Å². The summed E-state index contributed by atoms with van der Waals surface area (Å²) in [6.45, 7) is 1.91. The first-order chi connectivity index (χ1) is 17.7. The van der Waals surface area contributed by atoms with Crippen molar-refractivity contribution in [3.8, 4) is 6.07 Å². The molecule has 0 unspecified atom stereocenters. The van der Waals surface area contributed by atoms with Crippen LogP contribution in [0.15, 0.2) is 18.3 Å². The van der Waals surface area contributed by atoms with Gasteiger partial charge in [-0.05, 0) is 57.1 Å². The van der Waals surface area contributed by atoms with Gasteiger partial charge in [0, 0.05) is 17.5 Å². The number of fused-ring (bicyclic) bond motifs is 1. The van der Waals surface area contributed by atoms with Crippen molar-refractivity contribution >= 4 is 57.9 Å². The van der Waals surface area contributed by atoms with Crippen LogP contribution in [0.25, 0.3) is 11.2 Å². The van der Waals surface area contributed by atoms with Crippen molar-refractivity contribution in [1.29, 1.82) is 5.26 Å². The molecule has 2 saturated carbocycles. The number of imidazole rings is 1. The number of carbonyl (C=O) groups is 1. The number of nitrogens with zero attached hydrogens (tertiary/aromatic N) is 5. The Labute approximate surface area is 224 Å². The molecule has 0 saturated heterocycles. The number of hydrogen-bond donors (Lipinski definition) is 4. The zero-order chi connectivity index (χ0) is 26.3. The van der Waals surface area contributed by atoms with Gasteiger partial charge in [0.25, 0.3) is 0 Å². The van der Waals surface area contributed by atoms with E-state index in [1.54, 1.807) is 18.3 Å². The minimum atomic E-state index is -0.550. The van der Waals surface area contributed by atoms with E-state index in [9.17, 15) is 15.2 Å².